The van der Waals surface area contributed by atoms with E-state index in [9.17, 15) is 4.79 Å². The summed E-state index contributed by atoms with van der Waals surface area (Å²) in [5.74, 6) is 0.743. The average molecular weight is 249 g/mol. The van der Waals surface area contributed by atoms with Gasteiger partial charge in [0.15, 0.2) is 5.82 Å². The minimum atomic E-state index is -0.191. The lowest BCUT2D eigenvalue weighted by Crippen LogP contribution is -2.23. The molecule has 0 fully saturated rings. The fourth-order valence-corrected chi connectivity index (χ4v) is 1.55. The molecule has 0 aliphatic rings. The lowest BCUT2D eigenvalue weighted by atomic mass is 10.2. The number of rotatable bonds is 3. The maximum absolute atomic E-state index is 11.7. The predicted molar refractivity (Wildman–Crippen MR) is 63.9 cm³/mol. The lowest BCUT2D eigenvalue weighted by Gasteiger charge is -2.02. The van der Waals surface area contributed by atoms with E-state index in [1.807, 2.05) is 6.07 Å². The first kappa shape index (κ1) is 11.7. The Morgan fingerprint density at radius 1 is 1.53 bits per heavy atom. The quantitative estimate of drug-likeness (QED) is 0.811. The van der Waals surface area contributed by atoms with Crippen molar-refractivity contribution in [3.63, 3.8) is 0 Å². The van der Waals surface area contributed by atoms with Crippen LogP contribution in [0.2, 0.25) is 0 Å². The molecule has 0 atom stereocenters. The Labute approximate surface area is 104 Å². The Kier molecular flexibility index (Phi) is 3.43. The molecular formula is C11H11N3O2S. The number of benzene rings is 1. The van der Waals surface area contributed by atoms with Crippen molar-refractivity contribution in [2.24, 2.45) is 0 Å². The number of carbonyl (C=O) groups excluding carboxylic acids is 1. The van der Waals surface area contributed by atoms with E-state index in [0.717, 1.165) is 4.90 Å². The summed E-state index contributed by atoms with van der Waals surface area (Å²) in [6.07, 6.45) is 0. The van der Waals surface area contributed by atoms with E-state index < -0.39 is 0 Å². The number of thiol groups is 1. The molecule has 2 rings (SSSR count). The molecule has 1 amide bonds. The van der Waals surface area contributed by atoms with Crippen molar-refractivity contribution in [2.75, 3.05) is 0 Å². The predicted octanol–water partition coefficient (Wildman–Crippen LogP) is 1.60. The first-order chi connectivity index (χ1) is 8.15. The molecule has 6 heteroatoms. The van der Waals surface area contributed by atoms with E-state index in [1.54, 1.807) is 25.1 Å². The standard InChI is InChI=1S/C11H11N3O2S/c1-7-13-10(14-16-7)6-12-11(15)8-3-2-4-9(17)5-8/h2-5,17H,6H2,1H3,(H,12,15). The van der Waals surface area contributed by atoms with Gasteiger partial charge in [0.1, 0.15) is 0 Å². The Bertz CT molecular complexity index is 539. The molecule has 88 valence electrons. The summed E-state index contributed by atoms with van der Waals surface area (Å²) in [6.45, 7) is 1.94. The summed E-state index contributed by atoms with van der Waals surface area (Å²) in [5, 5.41) is 6.38. The number of nitrogens with one attached hydrogen (secondary N) is 1. The van der Waals surface area contributed by atoms with Crippen molar-refractivity contribution in [3.05, 3.63) is 41.5 Å². The second-order valence-electron chi connectivity index (χ2n) is 3.46. The SMILES string of the molecule is Cc1nc(CNC(=O)c2cccc(S)c2)no1. The van der Waals surface area contributed by atoms with Crippen LogP contribution in [0.25, 0.3) is 0 Å². The number of nitrogens with zero attached hydrogens (tertiary/aromatic N) is 2. The summed E-state index contributed by atoms with van der Waals surface area (Å²) in [4.78, 5) is 16.5. The average Bonchev–Trinajstić information content (AvgIpc) is 2.72. The minimum Gasteiger partial charge on any atom is -0.345 e. The van der Waals surface area contributed by atoms with Crippen LogP contribution < -0.4 is 5.32 Å². The summed E-state index contributed by atoms with van der Waals surface area (Å²) >= 11 is 4.17. The van der Waals surface area contributed by atoms with Crippen LogP contribution in [0.1, 0.15) is 22.1 Å². The summed E-state index contributed by atoms with van der Waals surface area (Å²) in [7, 11) is 0. The molecule has 5 nitrogen and oxygen atoms in total. The van der Waals surface area contributed by atoms with Crippen molar-refractivity contribution >= 4 is 18.5 Å². The molecule has 2 aromatic rings. The molecule has 0 unspecified atom stereocenters. The Morgan fingerprint density at radius 3 is 3.00 bits per heavy atom. The third-order valence-electron chi connectivity index (χ3n) is 2.09. The molecular weight excluding hydrogens is 238 g/mol. The van der Waals surface area contributed by atoms with Gasteiger partial charge < -0.3 is 9.84 Å². The number of aryl methyl sites for hydroxylation is 1. The van der Waals surface area contributed by atoms with Crippen LogP contribution in [0.4, 0.5) is 0 Å². The maximum Gasteiger partial charge on any atom is 0.251 e. The molecule has 0 aliphatic heterocycles. The number of hydrogen-bond acceptors (Lipinski definition) is 5. The monoisotopic (exact) mass is 249 g/mol. The highest BCUT2D eigenvalue weighted by Gasteiger charge is 2.07. The third kappa shape index (κ3) is 3.07. The zero-order valence-electron chi connectivity index (χ0n) is 9.17. The van der Waals surface area contributed by atoms with Crippen molar-refractivity contribution in [3.8, 4) is 0 Å². The number of hydrogen-bond donors (Lipinski definition) is 2. The maximum atomic E-state index is 11.7. The third-order valence-corrected chi connectivity index (χ3v) is 2.36. The fourth-order valence-electron chi connectivity index (χ4n) is 1.32. The van der Waals surface area contributed by atoms with Crippen molar-refractivity contribution in [1.29, 1.82) is 0 Å². The van der Waals surface area contributed by atoms with E-state index in [1.165, 1.54) is 0 Å². The van der Waals surface area contributed by atoms with Crippen LogP contribution in [0.15, 0.2) is 33.7 Å². The molecule has 17 heavy (non-hydrogen) atoms. The molecule has 1 heterocycles. The van der Waals surface area contributed by atoms with Gasteiger partial charge in [0.05, 0.1) is 6.54 Å². The van der Waals surface area contributed by atoms with Gasteiger partial charge in [0.2, 0.25) is 5.89 Å². The van der Waals surface area contributed by atoms with Crippen LogP contribution >= 0.6 is 12.6 Å². The van der Waals surface area contributed by atoms with Gasteiger partial charge in [-0.05, 0) is 18.2 Å². The molecule has 0 radical (unpaired) electrons. The van der Waals surface area contributed by atoms with Gasteiger partial charge in [-0.2, -0.15) is 4.98 Å². The van der Waals surface area contributed by atoms with Gasteiger partial charge in [0, 0.05) is 17.4 Å². The normalized spacial score (nSPS) is 10.2. The molecule has 0 spiro atoms. The molecule has 0 bridgehead atoms. The first-order valence-electron chi connectivity index (χ1n) is 5.01. The van der Waals surface area contributed by atoms with Gasteiger partial charge in [-0.15, -0.1) is 12.6 Å². The second kappa shape index (κ2) is 5.01. The highest BCUT2D eigenvalue weighted by atomic mass is 32.1. The van der Waals surface area contributed by atoms with E-state index in [4.69, 9.17) is 4.52 Å². The second-order valence-corrected chi connectivity index (χ2v) is 3.98. The topological polar surface area (TPSA) is 68.0 Å². The molecule has 1 N–H and O–H groups in total. The highest BCUT2D eigenvalue weighted by Crippen LogP contribution is 2.08. The van der Waals surface area contributed by atoms with Crippen LogP contribution in [-0.4, -0.2) is 16.0 Å². The van der Waals surface area contributed by atoms with Crippen LogP contribution in [0.5, 0.6) is 0 Å². The Hall–Kier alpha value is -1.82. The number of aromatic nitrogens is 2. The Morgan fingerprint density at radius 2 is 2.35 bits per heavy atom. The zero-order chi connectivity index (χ0) is 12.3. The van der Waals surface area contributed by atoms with Gasteiger partial charge in [0.25, 0.3) is 5.91 Å². The summed E-state index contributed by atoms with van der Waals surface area (Å²) < 4.78 is 4.80. The summed E-state index contributed by atoms with van der Waals surface area (Å²) in [5.41, 5.74) is 0.553. The van der Waals surface area contributed by atoms with Crippen molar-refractivity contribution in [1.82, 2.24) is 15.5 Å². The first-order valence-corrected chi connectivity index (χ1v) is 5.46. The van der Waals surface area contributed by atoms with Crippen molar-refractivity contribution < 1.29 is 9.32 Å². The Balaban J connectivity index is 1.98. The fraction of sp³-hybridized carbons (Fsp3) is 0.182. The van der Waals surface area contributed by atoms with Crippen LogP contribution in [0, 0.1) is 6.92 Å². The largest absolute Gasteiger partial charge is 0.345 e. The van der Waals surface area contributed by atoms with Gasteiger partial charge >= 0.3 is 0 Å². The van der Waals surface area contributed by atoms with E-state index in [2.05, 4.69) is 28.1 Å². The molecule has 1 aromatic heterocycles. The highest BCUT2D eigenvalue weighted by molar-refractivity contribution is 7.80. The van der Waals surface area contributed by atoms with Crippen LogP contribution in [0.3, 0.4) is 0 Å². The van der Waals surface area contributed by atoms with E-state index in [-0.39, 0.29) is 12.5 Å². The van der Waals surface area contributed by atoms with E-state index >= 15 is 0 Å². The van der Waals surface area contributed by atoms with E-state index in [0.29, 0.717) is 17.3 Å². The number of carbonyl (C=O) groups is 1. The smallest absolute Gasteiger partial charge is 0.251 e. The van der Waals surface area contributed by atoms with Gasteiger partial charge in [-0.1, -0.05) is 11.2 Å². The van der Waals surface area contributed by atoms with Gasteiger partial charge in [-0.25, -0.2) is 0 Å². The van der Waals surface area contributed by atoms with Crippen LogP contribution in [-0.2, 0) is 6.54 Å². The van der Waals surface area contributed by atoms with Crippen molar-refractivity contribution in [2.45, 2.75) is 18.4 Å². The molecule has 0 aliphatic carbocycles. The summed E-state index contributed by atoms with van der Waals surface area (Å²) in [6, 6.07) is 6.99. The lowest BCUT2D eigenvalue weighted by molar-refractivity contribution is 0.0949. The van der Waals surface area contributed by atoms with Gasteiger partial charge in [-0.3, -0.25) is 4.79 Å². The minimum absolute atomic E-state index is 0.191. The molecule has 1 aromatic carbocycles. The molecule has 0 saturated carbocycles. The number of amides is 1. The molecule has 0 saturated heterocycles. The zero-order valence-corrected chi connectivity index (χ0v) is 10.1.